The largest absolute Gasteiger partial charge is 0.481 e. The standard InChI is InChI=1S/C12H18N2O3/c1-2-12(7-3-4-8-12)11-14-13-9(17-11)5-6-10(15)16/h2-8H2,1H3,(H,15,16). The van der Waals surface area contributed by atoms with Crippen molar-refractivity contribution in [3.05, 3.63) is 11.8 Å². The molecule has 5 heteroatoms. The lowest BCUT2D eigenvalue weighted by atomic mass is 9.83. The predicted octanol–water partition coefficient (Wildman–Crippen LogP) is 2.31. The summed E-state index contributed by atoms with van der Waals surface area (Å²) in [6.07, 6.45) is 5.99. The van der Waals surface area contributed by atoms with Gasteiger partial charge in [0.2, 0.25) is 11.8 Å². The van der Waals surface area contributed by atoms with Gasteiger partial charge in [-0.3, -0.25) is 4.79 Å². The van der Waals surface area contributed by atoms with Crippen LogP contribution >= 0.6 is 0 Å². The van der Waals surface area contributed by atoms with Gasteiger partial charge < -0.3 is 9.52 Å². The molecule has 0 spiro atoms. The molecule has 0 bridgehead atoms. The highest BCUT2D eigenvalue weighted by molar-refractivity contribution is 5.66. The van der Waals surface area contributed by atoms with Crippen molar-refractivity contribution in [1.29, 1.82) is 0 Å². The Morgan fingerprint density at radius 2 is 2.12 bits per heavy atom. The maximum Gasteiger partial charge on any atom is 0.303 e. The lowest BCUT2D eigenvalue weighted by Gasteiger charge is -2.22. The average Bonchev–Trinajstić information content (AvgIpc) is 2.96. The van der Waals surface area contributed by atoms with Gasteiger partial charge in [-0.1, -0.05) is 19.8 Å². The van der Waals surface area contributed by atoms with Gasteiger partial charge >= 0.3 is 5.97 Å². The number of aryl methyl sites for hydroxylation is 1. The number of carboxylic acid groups (broad SMARTS) is 1. The van der Waals surface area contributed by atoms with Gasteiger partial charge in [0, 0.05) is 11.8 Å². The summed E-state index contributed by atoms with van der Waals surface area (Å²) in [4.78, 5) is 10.5. The number of aliphatic carboxylic acids is 1. The fourth-order valence-electron chi connectivity index (χ4n) is 2.55. The van der Waals surface area contributed by atoms with E-state index in [1.54, 1.807) is 0 Å². The third-order valence-corrected chi connectivity index (χ3v) is 3.71. The van der Waals surface area contributed by atoms with Crippen molar-refractivity contribution < 1.29 is 14.3 Å². The molecule has 0 aromatic carbocycles. The van der Waals surface area contributed by atoms with Crippen LogP contribution in [-0.4, -0.2) is 21.3 Å². The van der Waals surface area contributed by atoms with Crippen LogP contribution in [-0.2, 0) is 16.6 Å². The molecule has 2 rings (SSSR count). The molecule has 0 aliphatic heterocycles. The first-order valence-corrected chi connectivity index (χ1v) is 6.21. The minimum Gasteiger partial charge on any atom is -0.481 e. The molecule has 94 valence electrons. The molecule has 1 saturated carbocycles. The third-order valence-electron chi connectivity index (χ3n) is 3.71. The number of aromatic nitrogens is 2. The summed E-state index contributed by atoms with van der Waals surface area (Å²) in [6.45, 7) is 2.15. The van der Waals surface area contributed by atoms with E-state index >= 15 is 0 Å². The van der Waals surface area contributed by atoms with Crippen molar-refractivity contribution in [2.45, 2.75) is 57.3 Å². The molecule has 1 aromatic rings. The fourth-order valence-corrected chi connectivity index (χ4v) is 2.55. The predicted molar refractivity (Wildman–Crippen MR) is 60.7 cm³/mol. The summed E-state index contributed by atoms with van der Waals surface area (Å²) >= 11 is 0. The molecule has 1 N–H and O–H groups in total. The minimum atomic E-state index is -0.837. The molecule has 1 fully saturated rings. The van der Waals surface area contributed by atoms with E-state index in [-0.39, 0.29) is 11.8 Å². The second-order valence-corrected chi connectivity index (χ2v) is 4.74. The van der Waals surface area contributed by atoms with Crippen molar-refractivity contribution in [1.82, 2.24) is 10.2 Å². The molecule has 0 radical (unpaired) electrons. The first-order valence-electron chi connectivity index (χ1n) is 6.21. The molecule has 5 nitrogen and oxygen atoms in total. The van der Waals surface area contributed by atoms with Crippen molar-refractivity contribution in [3.8, 4) is 0 Å². The quantitative estimate of drug-likeness (QED) is 0.851. The van der Waals surface area contributed by atoms with E-state index in [1.807, 2.05) is 0 Å². The van der Waals surface area contributed by atoms with Crippen molar-refractivity contribution >= 4 is 5.97 Å². The van der Waals surface area contributed by atoms with Crippen LogP contribution < -0.4 is 0 Å². The van der Waals surface area contributed by atoms with E-state index < -0.39 is 5.97 Å². The van der Waals surface area contributed by atoms with Gasteiger partial charge in [0.25, 0.3) is 0 Å². The zero-order chi connectivity index (χ0) is 12.3. The van der Waals surface area contributed by atoms with Gasteiger partial charge in [0.15, 0.2) is 0 Å². The van der Waals surface area contributed by atoms with Crippen molar-refractivity contribution in [2.75, 3.05) is 0 Å². The Balaban J connectivity index is 2.08. The van der Waals surface area contributed by atoms with E-state index in [4.69, 9.17) is 9.52 Å². The highest BCUT2D eigenvalue weighted by atomic mass is 16.4. The summed E-state index contributed by atoms with van der Waals surface area (Å²) in [5, 5.41) is 16.7. The number of carboxylic acids is 1. The van der Waals surface area contributed by atoms with Gasteiger partial charge in [-0.2, -0.15) is 0 Å². The molecule has 0 unspecified atom stereocenters. The van der Waals surface area contributed by atoms with Crippen molar-refractivity contribution in [3.63, 3.8) is 0 Å². The first kappa shape index (κ1) is 12.1. The summed E-state index contributed by atoms with van der Waals surface area (Å²) in [5.41, 5.74) is 0.0501. The summed E-state index contributed by atoms with van der Waals surface area (Å²) in [7, 11) is 0. The van der Waals surface area contributed by atoms with E-state index in [2.05, 4.69) is 17.1 Å². The van der Waals surface area contributed by atoms with Crippen LogP contribution in [0.15, 0.2) is 4.42 Å². The molecule has 17 heavy (non-hydrogen) atoms. The van der Waals surface area contributed by atoms with Crippen LogP contribution in [0, 0.1) is 0 Å². The lowest BCUT2D eigenvalue weighted by Crippen LogP contribution is -2.21. The molecule has 0 amide bonds. The van der Waals surface area contributed by atoms with E-state index in [9.17, 15) is 4.79 Å². The maximum absolute atomic E-state index is 10.5. The van der Waals surface area contributed by atoms with E-state index in [1.165, 1.54) is 12.8 Å². The smallest absolute Gasteiger partial charge is 0.303 e. The summed E-state index contributed by atoms with van der Waals surface area (Å²) in [6, 6.07) is 0. The van der Waals surface area contributed by atoms with Gasteiger partial charge in [-0.05, 0) is 19.3 Å². The topological polar surface area (TPSA) is 76.2 Å². The van der Waals surface area contributed by atoms with Gasteiger partial charge in [-0.15, -0.1) is 10.2 Å². The Bertz CT molecular complexity index is 394. The molecular formula is C12H18N2O3. The number of hydrogen-bond acceptors (Lipinski definition) is 4. The Morgan fingerprint density at radius 1 is 1.41 bits per heavy atom. The molecule has 1 aliphatic rings. The van der Waals surface area contributed by atoms with Crippen LogP contribution in [0.2, 0.25) is 0 Å². The highest BCUT2D eigenvalue weighted by Crippen LogP contribution is 2.42. The van der Waals surface area contributed by atoms with Crippen LogP contribution in [0.25, 0.3) is 0 Å². The van der Waals surface area contributed by atoms with E-state index in [0.717, 1.165) is 19.3 Å². The van der Waals surface area contributed by atoms with Crippen LogP contribution in [0.3, 0.4) is 0 Å². The van der Waals surface area contributed by atoms with Gasteiger partial charge in [0.1, 0.15) is 0 Å². The lowest BCUT2D eigenvalue weighted by molar-refractivity contribution is -0.137. The van der Waals surface area contributed by atoms with Crippen LogP contribution in [0.1, 0.15) is 57.2 Å². The first-order chi connectivity index (χ1) is 8.16. The molecular weight excluding hydrogens is 220 g/mol. The zero-order valence-electron chi connectivity index (χ0n) is 10.1. The van der Waals surface area contributed by atoms with Gasteiger partial charge in [-0.25, -0.2) is 0 Å². The highest BCUT2D eigenvalue weighted by Gasteiger charge is 2.38. The zero-order valence-corrected chi connectivity index (χ0v) is 10.1. The number of hydrogen-bond donors (Lipinski definition) is 1. The fraction of sp³-hybridized carbons (Fsp3) is 0.750. The van der Waals surface area contributed by atoms with Crippen LogP contribution in [0.5, 0.6) is 0 Å². The molecule has 1 heterocycles. The van der Waals surface area contributed by atoms with Crippen molar-refractivity contribution in [2.24, 2.45) is 0 Å². The Morgan fingerprint density at radius 3 is 2.71 bits per heavy atom. The summed E-state index contributed by atoms with van der Waals surface area (Å²) in [5.74, 6) is 0.316. The Kier molecular flexibility index (Phi) is 3.45. The van der Waals surface area contributed by atoms with E-state index in [0.29, 0.717) is 18.2 Å². The molecule has 0 atom stereocenters. The second kappa shape index (κ2) is 4.85. The van der Waals surface area contributed by atoms with Crippen LogP contribution in [0.4, 0.5) is 0 Å². The number of nitrogens with zero attached hydrogens (tertiary/aromatic N) is 2. The summed E-state index contributed by atoms with van der Waals surface area (Å²) < 4.78 is 5.63. The second-order valence-electron chi connectivity index (χ2n) is 4.74. The number of carbonyl (C=O) groups is 1. The monoisotopic (exact) mass is 238 g/mol. The minimum absolute atomic E-state index is 0.0424. The Labute approximate surface area is 100 Å². The van der Waals surface area contributed by atoms with Gasteiger partial charge in [0.05, 0.1) is 6.42 Å². The SMILES string of the molecule is CCC1(c2nnc(CCC(=O)O)o2)CCCC1. The Hall–Kier alpha value is -1.39. The molecule has 1 aromatic heterocycles. The third kappa shape index (κ3) is 2.48. The molecule has 0 saturated heterocycles. The number of rotatable bonds is 5. The molecule has 1 aliphatic carbocycles. The average molecular weight is 238 g/mol. The normalized spacial score (nSPS) is 18.4. The maximum atomic E-state index is 10.5.